The number of benzene rings is 2. The Labute approximate surface area is 144 Å². The second-order valence-electron chi connectivity index (χ2n) is 5.06. The number of anilines is 1. The lowest BCUT2D eigenvalue weighted by Gasteiger charge is -2.03. The first-order valence-electron chi connectivity index (χ1n) is 6.57. The maximum atomic E-state index is 11.6. The molecule has 3 rings (SSSR count). The first-order valence-corrected chi connectivity index (χ1v) is 9.93. The van der Waals surface area contributed by atoms with Crippen molar-refractivity contribution in [2.45, 2.75) is 16.7 Å². The molecule has 0 aliphatic carbocycles. The van der Waals surface area contributed by atoms with Gasteiger partial charge in [-0.05, 0) is 36.8 Å². The average molecular weight is 384 g/mol. The van der Waals surface area contributed by atoms with Crippen LogP contribution in [0.15, 0.2) is 40.1 Å². The number of thiazole rings is 1. The fourth-order valence-corrected chi connectivity index (χ4v) is 5.14. The Kier molecular flexibility index (Phi) is 4.18. The molecule has 0 aliphatic heterocycles. The van der Waals surface area contributed by atoms with Gasteiger partial charge in [0.2, 0.25) is 0 Å². The van der Waals surface area contributed by atoms with Gasteiger partial charge in [0.15, 0.2) is 11.1 Å². The largest absolute Gasteiger partial charge is 0.398 e. The van der Waals surface area contributed by atoms with E-state index in [1.54, 1.807) is 25.1 Å². The van der Waals surface area contributed by atoms with Gasteiger partial charge in [-0.1, -0.05) is 6.07 Å². The van der Waals surface area contributed by atoms with Crippen molar-refractivity contribution in [3.05, 3.63) is 35.9 Å². The second-order valence-corrected chi connectivity index (χ2v) is 8.35. The summed E-state index contributed by atoms with van der Waals surface area (Å²) in [4.78, 5) is 4.23. The Hall–Kier alpha value is -1.85. The molecule has 0 radical (unpaired) electrons. The molecule has 126 valence electrons. The standard InChI is InChI=1S/C14H12N2O5S3/c1-7-2-5-10-12(13(7)24(19,20)21)22-14(16-10)8-3-4-9(15)11(6-8)23(17)18/h2-6H,15H2,1H3,(H,17,18)(H,19,20,21). The van der Waals surface area contributed by atoms with E-state index in [2.05, 4.69) is 4.98 Å². The van der Waals surface area contributed by atoms with E-state index in [0.717, 1.165) is 11.3 Å². The SMILES string of the molecule is Cc1ccc2nc(-c3ccc(N)c(S(=O)O)c3)sc2c1S(=O)(=O)O. The molecule has 2 aromatic carbocycles. The van der Waals surface area contributed by atoms with Gasteiger partial charge in [-0.25, -0.2) is 9.19 Å². The zero-order valence-electron chi connectivity index (χ0n) is 12.3. The molecule has 0 bridgehead atoms. The number of rotatable bonds is 3. The number of nitrogens with zero attached hydrogens (tertiary/aromatic N) is 1. The van der Waals surface area contributed by atoms with Gasteiger partial charge < -0.3 is 10.3 Å². The van der Waals surface area contributed by atoms with Crippen LogP contribution in [0, 0.1) is 6.92 Å². The number of nitrogen functional groups attached to an aromatic ring is 1. The summed E-state index contributed by atoms with van der Waals surface area (Å²) in [5, 5.41) is 0.451. The van der Waals surface area contributed by atoms with E-state index in [9.17, 15) is 21.7 Å². The Morgan fingerprint density at radius 3 is 2.58 bits per heavy atom. The molecule has 0 fully saturated rings. The fraction of sp³-hybridized carbons (Fsp3) is 0.0714. The van der Waals surface area contributed by atoms with Crippen LogP contribution >= 0.6 is 11.3 Å². The van der Waals surface area contributed by atoms with Crippen LogP contribution < -0.4 is 5.73 Å². The molecular weight excluding hydrogens is 372 g/mol. The average Bonchev–Trinajstić information content (AvgIpc) is 2.89. The lowest BCUT2D eigenvalue weighted by molar-refractivity contribution is 0.483. The quantitative estimate of drug-likeness (QED) is 0.359. The van der Waals surface area contributed by atoms with Crippen LogP contribution in [-0.4, -0.2) is 26.7 Å². The van der Waals surface area contributed by atoms with Gasteiger partial charge >= 0.3 is 0 Å². The third-order valence-corrected chi connectivity index (χ3v) is 6.45. The maximum absolute atomic E-state index is 11.6. The van der Waals surface area contributed by atoms with Gasteiger partial charge in [0.05, 0.1) is 20.8 Å². The zero-order valence-corrected chi connectivity index (χ0v) is 14.7. The number of aromatic nitrogens is 1. The molecular formula is C14H12N2O5S3. The minimum absolute atomic E-state index is 0.0536. The zero-order chi connectivity index (χ0) is 17.6. The normalized spacial score (nSPS) is 13.3. The lowest BCUT2D eigenvalue weighted by atomic mass is 10.2. The summed E-state index contributed by atoms with van der Waals surface area (Å²) in [6, 6.07) is 7.76. The molecule has 0 spiro atoms. The summed E-state index contributed by atoms with van der Waals surface area (Å²) in [5.74, 6) is 0. The van der Waals surface area contributed by atoms with Crippen LogP contribution in [0.5, 0.6) is 0 Å². The lowest BCUT2D eigenvalue weighted by Crippen LogP contribution is -2.00. The molecule has 7 nitrogen and oxygen atoms in total. The summed E-state index contributed by atoms with van der Waals surface area (Å²) in [5.41, 5.74) is 7.19. The first-order chi connectivity index (χ1) is 11.2. The van der Waals surface area contributed by atoms with Crippen LogP contribution in [-0.2, 0) is 21.2 Å². The highest BCUT2D eigenvalue weighted by Gasteiger charge is 2.21. The number of hydrogen-bond acceptors (Lipinski definition) is 6. The number of hydrogen-bond donors (Lipinski definition) is 3. The molecule has 0 aliphatic rings. The molecule has 1 atom stereocenters. The van der Waals surface area contributed by atoms with E-state index in [1.807, 2.05) is 0 Å². The molecule has 1 unspecified atom stereocenters. The van der Waals surface area contributed by atoms with Gasteiger partial charge in [0, 0.05) is 5.56 Å². The second kappa shape index (κ2) is 5.90. The van der Waals surface area contributed by atoms with Crippen LogP contribution in [0.2, 0.25) is 0 Å². The monoisotopic (exact) mass is 384 g/mol. The van der Waals surface area contributed by atoms with Crippen molar-refractivity contribution in [1.82, 2.24) is 4.98 Å². The van der Waals surface area contributed by atoms with Gasteiger partial charge in [-0.2, -0.15) is 8.42 Å². The highest BCUT2D eigenvalue weighted by atomic mass is 32.2. The van der Waals surface area contributed by atoms with Crippen molar-refractivity contribution >= 4 is 48.4 Å². The summed E-state index contributed by atoms with van der Waals surface area (Å²) in [6.07, 6.45) is 0. The van der Waals surface area contributed by atoms with Gasteiger partial charge in [0.1, 0.15) is 9.90 Å². The molecule has 1 heterocycles. The Morgan fingerprint density at radius 1 is 1.25 bits per heavy atom. The predicted molar refractivity (Wildman–Crippen MR) is 93.1 cm³/mol. The van der Waals surface area contributed by atoms with Crippen molar-refractivity contribution in [3.63, 3.8) is 0 Å². The highest BCUT2D eigenvalue weighted by molar-refractivity contribution is 7.86. The summed E-state index contributed by atoms with van der Waals surface area (Å²) in [6.45, 7) is 1.58. The Balaban J connectivity index is 2.27. The van der Waals surface area contributed by atoms with E-state index in [-0.39, 0.29) is 15.5 Å². The van der Waals surface area contributed by atoms with Crippen molar-refractivity contribution in [2.24, 2.45) is 0 Å². The molecule has 0 saturated carbocycles. The molecule has 24 heavy (non-hydrogen) atoms. The fourth-order valence-electron chi connectivity index (χ4n) is 2.33. The van der Waals surface area contributed by atoms with E-state index in [1.165, 1.54) is 12.1 Å². The topological polar surface area (TPSA) is 131 Å². The summed E-state index contributed by atoms with van der Waals surface area (Å²) >= 11 is -1.18. The number of nitrogens with two attached hydrogens (primary N) is 1. The third-order valence-electron chi connectivity index (χ3n) is 3.42. The molecule has 0 amide bonds. The van der Waals surface area contributed by atoms with Crippen molar-refractivity contribution in [1.29, 1.82) is 0 Å². The minimum atomic E-state index is -4.40. The molecule has 10 heteroatoms. The predicted octanol–water partition coefficient (Wildman–Crippen LogP) is 2.68. The van der Waals surface area contributed by atoms with Crippen LogP contribution in [0.25, 0.3) is 20.8 Å². The minimum Gasteiger partial charge on any atom is -0.398 e. The van der Waals surface area contributed by atoms with E-state index >= 15 is 0 Å². The van der Waals surface area contributed by atoms with Crippen LogP contribution in [0.4, 0.5) is 5.69 Å². The Bertz CT molecular complexity index is 1090. The van der Waals surface area contributed by atoms with Gasteiger partial charge in [0.25, 0.3) is 10.1 Å². The first kappa shape index (κ1) is 17.0. The molecule has 4 N–H and O–H groups in total. The number of aryl methyl sites for hydroxylation is 1. The van der Waals surface area contributed by atoms with Gasteiger partial charge in [-0.3, -0.25) is 4.55 Å². The van der Waals surface area contributed by atoms with E-state index in [4.69, 9.17) is 5.73 Å². The molecule has 1 aromatic heterocycles. The van der Waals surface area contributed by atoms with Gasteiger partial charge in [-0.15, -0.1) is 11.3 Å². The maximum Gasteiger partial charge on any atom is 0.296 e. The number of fused-ring (bicyclic) bond motifs is 1. The summed E-state index contributed by atoms with van der Waals surface area (Å²) < 4.78 is 53.7. The third kappa shape index (κ3) is 2.94. The van der Waals surface area contributed by atoms with Crippen LogP contribution in [0.3, 0.4) is 0 Å². The highest BCUT2D eigenvalue weighted by Crippen LogP contribution is 2.36. The molecule has 0 saturated heterocycles. The van der Waals surface area contributed by atoms with E-state index in [0.29, 0.717) is 26.4 Å². The van der Waals surface area contributed by atoms with Crippen molar-refractivity contribution < 1.29 is 21.7 Å². The van der Waals surface area contributed by atoms with Crippen LogP contribution in [0.1, 0.15) is 5.56 Å². The summed E-state index contributed by atoms with van der Waals surface area (Å²) in [7, 11) is -4.40. The molecule has 3 aromatic rings. The van der Waals surface area contributed by atoms with Crippen molar-refractivity contribution in [3.8, 4) is 10.6 Å². The van der Waals surface area contributed by atoms with E-state index < -0.39 is 21.2 Å². The van der Waals surface area contributed by atoms with Crippen molar-refractivity contribution in [2.75, 3.05) is 5.73 Å². The smallest absolute Gasteiger partial charge is 0.296 e. The Morgan fingerprint density at radius 2 is 1.96 bits per heavy atom.